The molecule has 0 aromatic heterocycles. The molecule has 2 aromatic carbocycles. The van der Waals surface area contributed by atoms with Gasteiger partial charge in [0.25, 0.3) is 5.91 Å². The van der Waals surface area contributed by atoms with Gasteiger partial charge in [-0.1, -0.05) is 16.8 Å². The van der Waals surface area contributed by atoms with Gasteiger partial charge >= 0.3 is 0 Å². The van der Waals surface area contributed by atoms with Crippen molar-refractivity contribution in [2.75, 3.05) is 40.4 Å². The van der Waals surface area contributed by atoms with Crippen LogP contribution in [0.1, 0.15) is 5.56 Å². The maximum Gasteiger partial charge on any atom is 0.265 e. The lowest BCUT2D eigenvalue weighted by atomic mass is 10.2. The number of carbonyl (C=O) groups is 1. The Labute approximate surface area is 167 Å². The first-order chi connectivity index (χ1) is 13.5. The summed E-state index contributed by atoms with van der Waals surface area (Å²) in [5.41, 5.74) is 1.17. The van der Waals surface area contributed by atoms with Gasteiger partial charge in [0.15, 0.2) is 29.6 Å². The number of nitrogens with zero attached hydrogens (tertiary/aromatic N) is 1. The Morgan fingerprint density at radius 2 is 1.71 bits per heavy atom. The SMILES string of the molecule is COc1ccc(NC(=O)CO/N=C\c2cc(Cl)c(OC)c(OC)c2)cc1OC. The molecule has 2 aromatic rings. The normalized spacial score (nSPS) is 10.5. The predicted molar refractivity (Wildman–Crippen MR) is 106 cm³/mol. The van der Waals surface area contributed by atoms with E-state index in [4.69, 9.17) is 35.4 Å². The van der Waals surface area contributed by atoms with Crippen LogP contribution >= 0.6 is 11.6 Å². The molecular formula is C19H21ClN2O6. The van der Waals surface area contributed by atoms with E-state index in [-0.39, 0.29) is 12.5 Å². The number of carbonyl (C=O) groups excluding carboxylic acids is 1. The van der Waals surface area contributed by atoms with Crippen molar-refractivity contribution in [3.8, 4) is 23.0 Å². The summed E-state index contributed by atoms with van der Waals surface area (Å²) < 4.78 is 20.7. The van der Waals surface area contributed by atoms with E-state index in [1.807, 2.05) is 0 Å². The lowest BCUT2D eigenvalue weighted by molar-refractivity contribution is -0.120. The first-order valence-corrected chi connectivity index (χ1v) is 8.48. The number of ether oxygens (including phenoxy) is 4. The molecule has 0 unspecified atom stereocenters. The molecule has 28 heavy (non-hydrogen) atoms. The minimum atomic E-state index is -0.380. The minimum absolute atomic E-state index is 0.272. The summed E-state index contributed by atoms with van der Waals surface area (Å²) in [7, 11) is 6.05. The standard InChI is InChI=1S/C19H21ClN2O6/c1-24-15-6-5-13(9-16(15)25-2)22-18(23)11-28-21-10-12-7-14(20)19(27-4)17(8-12)26-3/h5-10H,11H2,1-4H3,(H,22,23)/b21-10-. The van der Waals surface area contributed by atoms with Gasteiger partial charge in [0.2, 0.25) is 0 Å². The average Bonchev–Trinajstić information content (AvgIpc) is 2.70. The van der Waals surface area contributed by atoms with E-state index >= 15 is 0 Å². The fourth-order valence-electron chi connectivity index (χ4n) is 2.32. The van der Waals surface area contributed by atoms with E-state index < -0.39 is 0 Å². The Hall–Kier alpha value is -3.13. The topological polar surface area (TPSA) is 87.6 Å². The fourth-order valence-corrected chi connectivity index (χ4v) is 2.61. The van der Waals surface area contributed by atoms with Crippen molar-refractivity contribution in [3.05, 3.63) is 40.9 Å². The molecule has 0 radical (unpaired) electrons. The largest absolute Gasteiger partial charge is 0.493 e. The highest BCUT2D eigenvalue weighted by atomic mass is 35.5. The Morgan fingerprint density at radius 1 is 1.00 bits per heavy atom. The smallest absolute Gasteiger partial charge is 0.265 e. The molecule has 150 valence electrons. The van der Waals surface area contributed by atoms with Gasteiger partial charge < -0.3 is 29.1 Å². The molecule has 0 saturated carbocycles. The molecule has 9 heteroatoms. The van der Waals surface area contributed by atoms with Gasteiger partial charge in [-0.3, -0.25) is 4.79 Å². The molecule has 1 amide bonds. The number of halogens is 1. The van der Waals surface area contributed by atoms with E-state index in [0.717, 1.165) is 0 Å². The van der Waals surface area contributed by atoms with E-state index in [9.17, 15) is 4.79 Å². The van der Waals surface area contributed by atoms with Crippen LogP contribution in [0.2, 0.25) is 5.02 Å². The van der Waals surface area contributed by atoms with Gasteiger partial charge in [-0.05, 0) is 24.3 Å². The summed E-state index contributed by atoms with van der Waals surface area (Å²) in [5.74, 6) is 1.58. The van der Waals surface area contributed by atoms with Gasteiger partial charge in [-0.2, -0.15) is 0 Å². The van der Waals surface area contributed by atoms with E-state index in [1.165, 1.54) is 34.7 Å². The average molecular weight is 409 g/mol. The quantitative estimate of drug-likeness (QED) is 0.505. The Balaban J connectivity index is 1.92. The number of anilines is 1. The molecule has 2 rings (SSSR count). The predicted octanol–water partition coefficient (Wildman–Crippen LogP) is 3.36. The van der Waals surface area contributed by atoms with Gasteiger partial charge in [-0.15, -0.1) is 0 Å². The van der Waals surface area contributed by atoms with Gasteiger partial charge in [0.1, 0.15) is 0 Å². The number of benzene rings is 2. The molecule has 0 atom stereocenters. The second kappa shape index (κ2) is 10.3. The number of methoxy groups -OCH3 is 4. The Morgan fingerprint density at radius 3 is 2.36 bits per heavy atom. The van der Waals surface area contributed by atoms with Crippen LogP contribution in [-0.2, 0) is 9.63 Å². The van der Waals surface area contributed by atoms with Crippen molar-refractivity contribution in [1.82, 2.24) is 0 Å². The third-order valence-corrected chi connectivity index (χ3v) is 3.88. The molecule has 0 spiro atoms. The van der Waals surface area contributed by atoms with Crippen molar-refractivity contribution in [3.63, 3.8) is 0 Å². The highest BCUT2D eigenvalue weighted by molar-refractivity contribution is 6.32. The van der Waals surface area contributed by atoms with Crippen molar-refractivity contribution in [2.24, 2.45) is 5.16 Å². The number of amides is 1. The zero-order valence-electron chi connectivity index (χ0n) is 15.9. The van der Waals surface area contributed by atoms with Crippen molar-refractivity contribution in [1.29, 1.82) is 0 Å². The summed E-state index contributed by atoms with van der Waals surface area (Å²) >= 11 is 6.12. The van der Waals surface area contributed by atoms with E-state index in [1.54, 1.807) is 30.3 Å². The maximum absolute atomic E-state index is 12.0. The van der Waals surface area contributed by atoms with E-state index in [2.05, 4.69) is 10.5 Å². The molecular weight excluding hydrogens is 388 g/mol. The molecule has 0 saturated heterocycles. The van der Waals surface area contributed by atoms with Gasteiger partial charge in [0.05, 0.1) is 39.7 Å². The summed E-state index contributed by atoms with van der Waals surface area (Å²) in [6, 6.07) is 8.34. The van der Waals surface area contributed by atoms with Crippen LogP contribution < -0.4 is 24.3 Å². The third kappa shape index (κ3) is 5.43. The number of hydrogen-bond acceptors (Lipinski definition) is 7. The van der Waals surface area contributed by atoms with Gasteiger partial charge in [0, 0.05) is 17.3 Å². The molecule has 1 N–H and O–H groups in total. The summed E-state index contributed by atoms with van der Waals surface area (Å²) in [4.78, 5) is 17.0. The molecule has 0 aliphatic heterocycles. The Kier molecular flexibility index (Phi) is 7.76. The number of oxime groups is 1. The second-order valence-corrected chi connectivity index (χ2v) is 5.77. The number of hydrogen-bond donors (Lipinski definition) is 1. The molecule has 0 fully saturated rings. The second-order valence-electron chi connectivity index (χ2n) is 5.36. The zero-order valence-corrected chi connectivity index (χ0v) is 16.7. The van der Waals surface area contributed by atoms with Crippen LogP contribution in [0.4, 0.5) is 5.69 Å². The lowest BCUT2D eigenvalue weighted by Gasteiger charge is -2.10. The zero-order chi connectivity index (χ0) is 20.5. The fraction of sp³-hybridized carbons (Fsp3) is 0.263. The number of nitrogens with one attached hydrogen (secondary N) is 1. The van der Waals surface area contributed by atoms with Crippen molar-refractivity contribution in [2.45, 2.75) is 0 Å². The molecule has 0 aliphatic carbocycles. The lowest BCUT2D eigenvalue weighted by Crippen LogP contribution is -2.17. The molecule has 0 aliphatic rings. The molecule has 0 heterocycles. The highest BCUT2D eigenvalue weighted by Gasteiger charge is 2.10. The maximum atomic E-state index is 12.0. The third-order valence-electron chi connectivity index (χ3n) is 3.60. The van der Waals surface area contributed by atoms with Crippen LogP contribution in [0.25, 0.3) is 0 Å². The van der Waals surface area contributed by atoms with Crippen LogP contribution in [0.5, 0.6) is 23.0 Å². The number of rotatable bonds is 9. The first kappa shape index (κ1) is 21.2. The van der Waals surface area contributed by atoms with Crippen LogP contribution in [0.15, 0.2) is 35.5 Å². The highest BCUT2D eigenvalue weighted by Crippen LogP contribution is 2.35. The van der Waals surface area contributed by atoms with Crippen molar-refractivity contribution < 1.29 is 28.6 Å². The van der Waals surface area contributed by atoms with Gasteiger partial charge in [-0.25, -0.2) is 0 Å². The van der Waals surface area contributed by atoms with Crippen LogP contribution in [0, 0.1) is 0 Å². The monoisotopic (exact) mass is 408 g/mol. The van der Waals surface area contributed by atoms with Crippen LogP contribution in [-0.4, -0.2) is 47.2 Å². The van der Waals surface area contributed by atoms with E-state index in [0.29, 0.717) is 39.3 Å². The minimum Gasteiger partial charge on any atom is -0.493 e. The van der Waals surface area contributed by atoms with Crippen molar-refractivity contribution >= 4 is 29.4 Å². The summed E-state index contributed by atoms with van der Waals surface area (Å²) in [6.45, 7) is -0.272. The summed E-state index contributed by atoms with van der Waals surface area (Å²) in [6.07, 6.45) is 1.41. The molecule has 8 nitrogen and oxygen atoms in total. The molecule has 0 bridgehead atoms. The van der Waals surface area contributed by atoms with Crippen LogP contribution in [0.3, 0.4) is 0 Å². The summed E-state index contributed by atoms with van der Waals surface area (Å²) in [5, 5.41) is 6.82. The first-order valence-electron chi connectivity index (χ1n) is 8.11. The Bertz CT molecular complexity index is 857.